The average Bonchev–Trinajstić information content (AvgIpc) is 2.83. The van der Waals surface area contributed by atoms with Crippen molar-refractivity contribution in [1.29, 1.82) is 0 Å². The van der Waals surface area contributed by atoms with Crippen LogP contribution in [0.5, 0.6) is 0 Å². The van der Waals surface area contributed by atoms with Crippen molar-refractivity contribution in [2.24, 2.45) is 0 Å². The predicted octanol–water partition coefficient (Wildman–Crippen LogP) is 3.35. The highest BCUT2D eigenvalue weighted by Gasteiger charge is 2.34. The number of ether oxygens (including phenoxy) is 1. The molecule has 0 radical (unpaired) electrons. The standard InChI is InChI=1S/C19H26N2O3/c1-19(2,3)24-18(23)21-17(22)13-6-4-5-12(9-13)14-10-15-7-8-16(11-14)20-15/h4-6,9,14-16,20H,7-8,10-11H2,1-3H3,(H,21,22,23). The zero-order valence-corrected chi connectivity index (χ0v) is 14.6. The summed E-state index contributed by atoms with van der Waals surface area (Å²) < 4.78 is 5.13. The Hall–Kier alpha value is -1.88. The van der Waals surface area contributed by atoms with Crippen LogP contribution in [0.25, 0.3) is 0 Å². The van der Waals surface area contributed by atoms with Gasteiger partial charge in [-0.05, 0) is 70.1 Å². The maximum Gasteiger partial charge on any atom is 0.414 e. The monoisotopic (exact) mass is 330 g/mol. The van der Waals surface area contributed by atoms with Crippen LogP contribution in [-0.2, 0) is 4.74 Å². The minimum Gasteiger partial charge on any atom is -0.444 e. The van der Waals surface area contributed by atoms with Gasteiger partial charge in [0.05, 0.1) is 0 Å². The van der Waals surface area contributed by atoms with Crippen LogP contribution in [0.3, 0.4) is 0 Å². The van der Waals surface area contributed by atoms with Gasteiger partial charge in [0.25, 0.3) is 5.91 Å². The highest BCUT2D eigenvalue weighted by molar-refractivity contribution is 6.03. The first-order chi connectivity index (χ1) is 11.3. The number of benzene rings is 1. The van der Waals surface area contributed by atoms with E-state index in [0.717, 1.165) is 12.8 Å². The van der Waals surface area contributed by atoms with E-state index in [1.807, 2.05) is 12.1 Å². The van der Waals surface area contributed by atoms with Gasteiger partial charge in [-0.1, -0.05) is 12.1 Å². The Kier molecular flexibility index (Phi) is 4.63. The number of carbonyl (C=O) groups excluding carboxylic acids is 2. The molecule has 2 saturated heterocycles. The van der Waals surface area contributed by atoms with E-state index < -0.39 is 17.6 Å². The predicted molar refractivity (Wildman–Crippen MR) is 92.1 cm³/mol. The third-order valence-corrected chi connectivity index (χ3v) is 4.71. The molecule has 2 bridgehead atoms. The molecule has 2 atom stereocenters. The number of rotatable bonds is 2. The number of amides is 2. The molecule has 5 nitrogen and oxygen atoms in total. The molecule has 1 aromatic rings. The number of hydrogen-bond donors (Lipinski definition) is 2. The number of imide groups is 1. The van der Waals surface area contributed by atoms with Gasteiger partial charge in [-0.3, -0.25) is 10.1 Å². The van der Waals surface area contributed by atoms with E-state index in [2.05, 4.69) is 16.7 Å². The van der Waals surface area contributed by atoms with Crippen LogP contribution in [0.2, 0.25) is 0 Å². The van der Waals surface area contributed by atoms with Gasteiger partial charge < -0.3 is 10.1 Å². The smallest absolute Gasteiger partial charge is 0.414 e. The van der Waals surface area contributed by atoms with Crippen molar-refractivity contribution in [2.45, 2.75) is 70.1 Å². The zero-order valence-electron chi connectivity index (χ0n) is 14.6. The van der Waals surface area contributed by atoms with Crippen LogP contribution in [0.1, 0.15) is 68.3 Å². The van der Waals surface area contributed by atoms with E-state index in [1.165, 1.54) is 18.4 Å². The van der Waals surface area contributed by atoms with Crippen molar-refractivity contribution in [3.8, 4) is 0 Å². The quantitative estimate of drug-likeness (QED) is 0.872. The fraction of sp³-hybridized carbons (Fsp3) is 0.579. The van der Waals surface area contributed by atoms with Crippen LogP contribution in [0.4, 0.5) is 4.79 Å². The van der Waals surface area contributed by atoms with Crippen molar-refractivity contribution in [3.05, 3.63) is 35.4 Å². The van der Waals surface area contributed by atoms with Crippen molar-refractivity contribution >= 4 is 12.0 Å². The van der Waals surface area contributed by atoms with Crippen LogP contribution in [0, 0.1) is 0 Å². The molecule has 24 heavy (non-hydrogen) atoms. The molecule has 0 spiro atoms. The first kappa shape index (κ1) is 17.0. The first-order valence-electron chi connectivity index (χ1n) is 8.70. The maximum absolute atomic E-state index is 12.3. The van der Waals surface area contributed by atoms with Gasteiger partial charge in [-0.15, -0.1) is 0 Å². The second kappa shape index (κ2) is 6.55. The summed E-state index contributed by atoms with van der Waals surface area (Å²) in [6.07, 6.45) is 4.03. The molecular weight excluding hydrogens is 304 g/mol. The number of hydrogen-bond acceptors (Lipinski definition) is 4. The second-order valence-corrected chi connectivity index (χ2v) is 7.89. The Morgan fingerprint density at radius 1 is 1.17 bits per heavy atom. The fourth-order valence-corrected chi connectivity index (χ4v) is 3.73. The van der Waals surface area contributed by atoms with Gasteiger partial charge in [0, 0.05) is 17.6 Å². The summed E-state index contributed by atoms with van der Waals surface area (Å²) >= 11 is 0. The molecule has 2 amide bonds. The largest absolute Gasteiger partial charge is 0.444 e. The zero-order chi connectivity index (χ0) is 17.3. The van der Waals surface area contributed by atoms with E-state index in [0.29, 0.717) is 23.6 Å². The molecule has 1 aromatic carbocycles. The van der Waals surface area contributed by atoms with Gasteiger partial charge in [-0.2, -0.15) is 0 Å². The lowest BCUT2D eigenvalue weighted by molar-refractivity contribution is 0.0508. The fourth-order valence-electron chi connectivity index (χ4n) is 3.73. The molecule has 0 saturated carbocycles. The van der Waals surface area contributed by atoms with E-state index >= 15 is 0 Å². The van der Waals surface area contributed by atoms with Gasteiger partial charge in [0.15, 0.2) is 0 Å². The van der Waals surface area contributed by atoms with Crippen molar-refractivity contribution in [3.63, 3.8) is 0 Å². The van der Waals surface area contributed by atoms with Crippen molar-refractivity contribution in [2.75, 3.05) is 0 Å². The van der Waals surface area contributed by atoms with Crippen LogP contribution in [-0.4, -0.2) is 29.7 Å². The minimum atomic E-state index is -0.710. The summed E-state index contributed by atoms with van der Waals surface area (Å²) in [5.74, 6) is 0.0704. The Morgan fingerprint density at radius 2 is 1.83 bits per heavy atom. The summed E-state index contributed by atoms with van der Waals surface area (Å²) in [4.78, 5) is 24.1. The summed E-state index contributed by atoms with van der Waals surface area (Å²) in [5, 5.41) is 5.94. The second-order valence-electron chi connectivity index (χ2n) is 7.89. The van der Waals surface area contributed by atoms with Crippen molar-refractivity contribution < 1.29 is 14.3 Å². The topological polar surface area (TPSA) is 67.4 Å². The molecule has 0 aromatic heterocycles. The molecule has 2 fully saturated rings. The molecule has 130 valence electrons. The molecule has 5 heteroatoms. The number of fused-ring (bicyclic) bond motifs is 2. The third kappa shape index (κ3) is 4.15. The lowest BCUT2D eigenvalue weighted by atomic mass is 9.85. The average molecular weight is 330 g/mol. The Bertz CT molecular complexity index is 624. The first-order valence-corrected chi connectivity index (χ1v) is 8.70. The minimum absolute atomic E-state index is 0.414. The Labute approximate surface area is 143 Å². The van der Waals surface area contributed by atoms with E-state index in [1.54, 1.807) is 26.8 Å². The van der Waals surface area contributed by atoms with Crippen LogP contribution < -0.4 is 10.6 Å². The molecule has 2 aliphatic rings. The maximum atomic E-state index is 12.3. The van der Waals surface area contributed by atoms with E-state index in [4.69, 9.17) is 4.74 Å². The summed E-state index contributed by atoms with van der Waals surface area (Å²) in [6, 6.07) is 8.83. The van der Waals surface area contributed by atoms with Gasteiger partial charge in [0.2, 0.25) is 0 Å². The molecule has 0 aliphatic carbocycles. The number of piperidine rings is 1. The number of carbonyl (C=O) groups is 2. The van der Waals surface area contributed by atoms with Gasteiger partial charge in [0.1, 0.15) is 5.60 Å². The van der Waals surface area contributed by atoms with Gasteiger partial charge in [-0.25, -0.2) is 4.79 Å². The van der Waals surface area contributed by atoms with Crippen LogP contribution in [0.15, 0.2) is 24.3 Å². The normalized spacial score (nSPS) is 26.0. The highest BCUT2D eigenvalue weighted by Crippen LogP contribution is 2.37. The number of alkyl carbamates (subject to hydrolysis) is 1. The van der Waals surface area contributed by atoms with Gasteiger partial charge >= 0.3 is 6.09 Å². The van der Waals surface area contributed by atoms with Crippen LogP contribution >= 0.6 is 0 Å². The molecular formula is C19H26N2O3. The molecule has 2 N–H and O–H groups in total. The van der Waals surface area contributed by atoms with E-state index in [-0.39, 0.29) is 0 Å². The molecule has 2 heterocycles. The summed E-state index contributed by atoms with van der Waals surface area (Å²) in [6.45, 7) is 5.30. The number of nitrogens with one attached hydrogen (secondary N) is 2. The summed E-state index contributed by atoms with van der Waals surface area (Å²) in [7, 11) is 0. The van der Waals surface area contributed by atoms with Crippen molar-refractivity contribution in [1.82, 2.24) is 10.6 Å². The molecule has 2 aliphatic heterocycles. The Balaban J connectivity index is 1.66. The SMILES string of the molecule is CC(C)(C)OC(=O)NC(=O)c1cccc(C2CC3CCC(C2)N3)c1. The highest BCUT2D eigenvalue weighted by atomic mass is 16.6. The van der Waals surface area contributed by atoms with E-state index in [9.17, 15) is 9.59 Å². The Morgan fingerprint density at radius 3 is 2.46 bits per heavy atom. The lowest BCUT2D eigenvalue weighted by Crippen LogP contribution is -2.37. The third-order valence-electron chi connectivity index (χ3n) is 4.71. The lowest BCUT2D eigenvalue weighted by Gasteiger charge is -2.29. The summed E-state index contributed by atoms with van der Waals surface area (Å²) in [5.41, 5.74) is 1.06. The molecule has 3 rings (SSSR count). The molecule has 2 unspecified atom stereocenters.